The van der Waals surface area contributed by atoms with Gasteiger partial charge in [-0.15, -0.1) is 0 Å². The topological polar surface area (TPSA) is 78.5 Å². The predicted octanol–water partition coefficient (Wildman–Crippen LogP) is 0.889. The summed E-state index contributed by atoms with van der Waals surface area (Å²) in [5, 5.41) is 0.534. The molecule has 6 nitrogen and oxygen atoms in total. The molecule has 1 atom stereocenters. The largest absolute Gasteiger partial charge is 0.311 e. The summed E-state index contributed by atoms with van der Waals surface area (Å²) in [6.07, 6.45) is 0.427. The summed E-state index contributed by atoms with van der Waals surface area (Å²) in [5.74, 6) is -0.270. The van der Waals surface area contributed by atoms with Crippen molar-refractivity contribution >= 4 is 33.4 Å². The molecule has 1 saturated heterocycles. The Morgan fingerprint density at radius 3 is 2.85 bits per heavy atom. The van der Waals surface area contributed by atoms with Crippen LogP contribution in [-0.2, 0) is 15.0 Å². The highest BCUT2D eigenvalue weighted by Crippen LogP contribution is 2.24. The zero-order valence-corrected chi connectivity index (χ0v) is 12.5. The molecule has 0 unspecified atom stereocenters. The van der Waals surface area contributed by atoms with Crippen molar-refractivity contribution in [3.63, 3.8) is 0 Å². The first-order valence-electron chi connectivity index (χ1n) is 6.27. The van der Waals surface area contributed by atoms with E-state index in [-0.39, 0.29) is 12.5 Å². The number of carbonyl (C=O) groups excluding carboxylic acids is 1. The lowest BCUT2D eigenvalue weighted by Crippen LogP contribution is -2.46. The predicted molar refractivity (Wildman–Crippen MR) is 77.9 cm³/mol. The third kappa shape index (κ3) is 3.49. The molecule has 1 aromatic carbocycles. The van der Waals surface area contributed by atoms with Gasteiger partial charge in [0.25, 0.3) is 10.2 Å². The van der Waals surface area contributed by atoms with E-state index in [2.05, 4.69) is 9.44 Å². The molecule has 0 radical (unpaired) electrons. The lowest BCUT2D eigenvalue weighted by Gasteiger charge is -2.17. The first kappa shape index (κ1) is 15.2. The molecule has 0 saturated carbocycles. The van der Waals surface area contributed by atoms with E-state index in [9.17, 15) is 13.2 Å². The molecular formula is C12H16ClN3O3S. The molecule has 0 bridgehead atoms. The molecule has 1 aliphatic rings. The third-order valence-corrected chi connectivity index (χ3v) is 4.46. The van der Waals surface area contributed by atoms with Gasteiger partial charge in [-0.3, -0.25) is 4.79 Å². The van der Waals surface area contributed by atoms with Crippen LogP contribution in [0.4, 0.5) is 5.69 Å². The summed E-state index contributed by atoms with van der Waals surface area (Å²) in [6, 6.07) is 6.18. The summed E-state index contributed by atoms with van der Waals surface area (Å²) < 4.78 is 27.9. The van der Waals surface area contributed by atoms with Crippen LogP contribution in [0.25, 0.3) is 0 Å². The van der Waals surface area contributed by atoms with Gasteiger partial charge in [-0.2, -0.15) is 13.1 Å². The average molecular weight is 318 g/mol. The third-order valence-electron chi connectivity index (χ3n) is 2.96. The van der Waals surface area contributed by atoms with Gasteiger partial charge in [-0.05, 0) is 24.6 Å². The minimum atomic E-state index is -3.64. The maximum absolute atomic E-state index is 12.2. The van der Waals surface area contributed by atoms with Gasteiger partial charge in [0.1, 0.15) is 6.04 Å². The Hall–Kier alpha value is -1.15. The highest BCUT2D eigenvalue weighted by molar-refractivity contribution is 7.87. The van der Waals surface area contributed by atoms with E-state index in [4.69, 9.17) is 11.6 Å². The lowest BCUT2D eigenvalue weighted by atomic mass is 10.3. The van der Waals surface area contributed by atoms with Crippen molar-refractivity contribution in [1.82, 2.24) is 9.44 Å². The van der Waals surface area contributed by atoms with Crippen molar-refractivity contribution in [2.24, 2.45) is 0 Å². The Kier molecular flexibility index (Phi) is 4.64. The van der Waals surface area contributed by atoms with E-state index in [0.29, 0.717) is 23.7 Å². The zero-order valence-electron chi connectivity index (χ0n) is 11.0. The standard InChI is InChI=1S/C12H16ClN3O3S/c1-2-14-20(18,19)15-11-6-7-16(12(11)17)10-5-3-4-9(13)8-10/h3-5,8,11,14-15H,2,6-7H2,1H3/t11-/m1/s1. The quantitative estimate of drug-likeness (QED) is 0.846. The SMILES string of the molecule is CCNS(=O)(=O)N[C@@H]1CCN(c2cccc(Cl)c2)C1=O. The minimum absolute atomic E-state index is 0.270. The molecule has 0 aliphatic carbocycles. The van der Waals surface area contributed by atoms with E-state index >= 15 is 0 Å². The van der Waals surface area contributed by atoms with Crippen LogP contribution < -0.4 is 14.3 Å². The molecule has 1 aliphatic heterocycles. The number of nitrogens with zero attached hydrogens (tertiary/aromatic N) is 1. The molecule has 1 heterocycles. The van der Waals surface area contributed by atoms with E-state index in [0.717, 1.165) is 0 Å². The normalized spacial score (nSPS) is 19.6. The van der Waals surface area contributed by atoms with E-state index in [1.807, 2.05) is 0 Å². The fourth-order valence-electron chi connectivity index (χ4n) is 2.11. The fraction of sp³-hybridized carbons (Fsp3) is 0.417. The maximum Gasteiger partial charge on any atom is 0.277 e. The summed E-state index contributed by atoms with van der Waals surface area (Å²) in [5.41, 5.74) is 0.674. The van der Waals surface area contributed by atoms with Gasteiger partial charge < -0.3 is 4.90 Å². The molecule has 1 aromatic rings. The molecule has 0 aromatic heterocycles. The number of hydrogen-bond donors (Lipinski definition) is 2. The van der Waals surface area contributed by atoms with Crippen LogP contribution in [0.5, 0.6) is 0 Å². The van der Waals surface area contributed by atoms with Crippen LogP contribution in [0.2, 0.25) is 5.02 Å². The first-order valence-corrected chi connectivity index (χ1v) is 8.13. The smallest absolute Gasteiger partial charge is 0.277 e. The number of anilines is 1. The highest BCUT2D eigenvalue weighted by Gasteiger charge is 2.35. The van der Waals surface area contributed by atoms with Crippen molar-refractivity contribution in [2.45, 2.75) is 19.4 Å². The number of hydrogen-bond acceptors (Lipinski definition) is 3. The van der Waals surface area contributed by atoms with E-state index in [1.165, 1.54) is 4.90 Å². The molecule has 1 amide bonds. The Bertz CT molecular complexity index is 606. The number of amides is 1. The zero-order chi connectivity index (χ0) is 14.8. The maximum atomic E-state index is 12.2. The van der Waals surface area contributed by atoms with Crippen LogP contribution >= 0.6 is 11.6 Å². The van der Waals surface area contributed by atoms with Crippen molar-refractivity contribution in [3.8, 4) is 0 Å². The number of halogens is 1. The monoisotopic (exact) mass is 317 g/mol. The second-order valence-electron chi connectivity index (χ2n) is 4.43. The summed E-state index contributed by atoms with van der Waals surface area (Å²) >= 11 is 5.90. The Morgan fingerprint density at radius 2 is 2.20 bits per heavy atom. The van der Waals surface area contributed by atoms with Crippen LogP contribution in [0, 0.1) is 0 Å². The van der Waals surface area contributed by atoms with Gasteiger partial charge in [0.05, 0.1) is 0 Å². The number of benzene rings is 1. The van der Waals surface area contributed by atoms with Crippen LogP contribution in [0.15, 0.2) is 24.3 Å². The van der Waals surface area contributed by atoms with Crippen molar-refractivity contribution in [3.05, 3.63) is 29.3 Å². The fourth-order valence-corrected chi connectivity index (χ4v) is 3.35. The lowest BCUT2D eigenvalue weighted by molar-refractivity contribution is -0.118. The second kappa shape index (κ2) is 6.09. The molecule has 2 rings (SSSR count). The number of carbonyl (C=O) groups is 1. The van der Waals surface area contributed by atoms with Crippen molar-refractivity contribution < 1.29 is 13.2 Å². The summed E-state index contributed by atoms with van der Waals surface area (Å²) in [6.45, 7) is 2.40. The Morgan fingerprint density at radius 1 is 1.45 bits per heavy atom. The molecule has 20 heavy (non-hydrogen) atoms. The molecule has 0 spiro atoms. The Balaban J connectivity index is 2.10. The van der Waals surface area contributed by atoms with E-state index in [1.54, 1.807) is 31.2 Å². The van der Waals surface area contributed by atoms with Gasteiger partial charge >= 0.3 is 0 Å². The van der Waals surface area contributed by atoms with Crippen LogP contribution in [-0.4, -0.2) is 33.5 Å². The molecule has 110 valence electrons. The minimum Gasteiger partial charge on any atom is -0.311 e. The van der Waals surface area contributed by atoms with Gasteiger partial charge in [0.15, 0.2) is 0 Å². The van der Waals surface area contributed by atoms with E-state index < -0.39 is 16.3 Å². The summed E-state index contributed by atoms with van der Waals surface area (Å²) in [4.78, 5) is 13.8. The molecule has 8 heteroatoms. The molecule has 2 N–H and O–H groups in total. The van der Waals surface area contributed by atoms with Gasteiger partial charge in [0, 0.05) is 23.8 Å². The number of rotatable bonds is 5. The van der Waals surface area contributed by atoms with Gasteiger partial charge in [-0.1, -0.05) is 24.6 Å². The first-order chi connectivity index (χ1) is 9.43. The average Bonchev–Trinajstić information content (AvgIpc) is 2.70. The summed E-state index contributed by atoms with van der Waals surface area (Å²) in [7, 11) is -3.64. The molecule has 1 fully saturated rings. The highest BCUT2D eigenvalue weighted by atomic mass is 35.5. The second-order valence-corrected chi connectivity index (χ2v) is 6.40. The van der Waals surface area contributed by atoms with Crippen LogP contribution in [0.1, 0.15) is 13.3 Å². The van der Waals surface area contributed by atoms with Crippen molar-refractivity contribution in [2.75, 3.05) is 18.0 Å². The van der Waals surface area contributed by atoms with Crippen molar-refractivity contribution in [1.29, 1.82) is 0 Å². The Labute approximate surface area is 123 Å². The molecular weight excluding hydrogens is 302 g/mol. The van der Waals surface area contributed by atoms with Gasteiger partial charge in [0.2, 0.25) is 5.91 Å². The number of nitrogens with one attached hydrogen (secondary N) is 2. The van der Waals surface area contributed by atoms with Gasteiger partial charge in [-0.25, -0.2) is 4.72 Å². The van der Waals surface area contributed by atoms with Crippen LogP contribution in [0.3, 0.4) is 0 Å².